The van der Waals surface area contributed by atoms with Gasteiger partial charge in [-0.05, 0) is 115 Å². The Hall–Kier alpha value is -7.42. The van der Waals surface area contributed by atoms with Crippen LogP contribution < -0.4 is 9.64 Å². The summed E-state index contributed by atoms with van der Waals surface area (Å²) < 4.78 is 6.55. The van der Waals surface area contributed by atoms with Gasteiger partial charge in [0.25, 0.3) is 0 Å². The maximum absolute atomic E-state index is 6.55. The van der Waals surface area contributed by atoms with Crippen molar-refractivity contribution in [1.82, 2.24) is 0 Å². The molecule has 0 N–H and O–H groups in total. The summed E-state index contributed by atoms with van der Waals surface area (Å²) in [6, 6.07) is 78.2. The van der Waals surface area contributed by atoms with Gasteiger partial charge in [-0.2, -0.15) is 0 Å². The molecule has 0 aromatic heterocycles. The van der Waals surface area contributed by atoms with Gasteiger partial charge >= 0.3 is 0 Å². The van der Waals surface area contributed by atoms with Crippen LogP contribution in [0.15, 0.2) is 212 Å². The van der Waals surface area contributed by atoms with Crippen LogP contribution >= 0.6 is 0 Å². The molecule has 2 aliphatic carbocycles. The highest BCUT2D eigenvalue weighted by Gasteiger charge is 2.45. The van der Waals surface area contributed by atoms with Crippen LogP contribution in [0.3, 0.4) is 0 Å². The molecule has 0 spiro atoms. The number of rotatable bonds is 6. The van der Waals surface area contributed by atoms with E-state index in [0.717, 1.165) is 39.7 Å². The van der Waals surface area contributed by atoms with Crippen molar-refractivity contribution in [3.05, 3.63) is 257 Å². The Morgan fingerprint density at radius 3 is 1.38 bits per heavy atom. The number of hydrogen-bond donors (Lipinski definition) is 0. The third-order valence-electron chi connectivity index (χ3n) is 14.4. The molecule has 1 aliphatic heterocycles. The van der Waals surface area contributed by atoms with Crippen molar-refractivity contribution in [3.63, 3.8) is 0 Å². The second-order valence-corrected chi connectivity index (χ2v) is 18.5. The average Bonchev–Trinajstić information content (AvgIpc) is 3.70. The van der Waals surface area contributed by atoms with Crippen molar-refractivity contribution < 1.29 is 4.74 Å². The molecule has 3 aliphatic rings. The van der Waals surface area contributed by atoms with E-state index in [1.54, 1.807) is 0 Å². The first kappa shape index (κ1) is 37.4. The summed E-state index contributed by atoms with van der Waals surface area (Å²) in [5, 5.41) is 0. The summed E-state index contributed by atoms with van der Waals surface area (Å²) in [5.74, 6) is 1.77. The van der Waals surface area contributed by atoms with Gasteiger partial charge in [0.2, 0.25) is 0 Å². The second kappa shape index (κ2) is 13.8. The lowest BCUT2D eigenvalue weighted by atomic mass is 9.63. The summed E-state index contributed by atoms with van der Waals surface area (Å²) in [6.45, 7) is 9.43. The zero-order valence-corrected chi connectivity index (χ0v) is 36.1. The van der Waals surface area contributed by atoms with E-state index < -0.39 is 5.41 Å². The zero-order chi connectivity index (χ0) is 42.5. The SMILES string of the molecule is CC1(C)c2ccccc2-c2cc(N(c3ccc(-c4ccc(C5(c6ccccc6)c6ccccc6Oc6ccccc65)cc4)cc3)c3ccc4c(c3)C(C)(C)c3ccccc3-4)ccc21. The van der Waals surface area contributed by atoms with E-state index in [2.05, 4.69) is 245 Å². The van der Waals surface area contributed by atoms with Gasteiger partial charge in [0.05, 0.1) is 5.41 Å². The Labute approximate surface area is 370 Å². The lowest BCUT2D eigenvalue weighted by Crippen LogP contribution is -2.34. The van der Waals surface area contributed by atoms with Crippen molar-refractivity contribution in [3.8, 4) is 44.9 Å². The van der Waals surface area contributed by atoms with Crippen molar-refractivity contribution in [2.75, 3.05) is 4.90 Å². The van der Waals surface area contributed by atoms with Crippen molar-refractivity contribution in [1.29, 1.82) is 0 Å². The maximum atomic E-state index is 6.55. The van der Waals surface area contributed by atoms with Gasteiger partial charge in [0.1, 0.15) is 11.5 Å². The fraction of sp³-hybridized carbons (Fsp3) is 0.115. The molecule has 1 heterocycles. The van der Waals surface area contributed by atoms with Crippen LogP contribution in [0.1, 0.15) is 72.2 Å². The lowest BCUT2D eigenvalue weighted by molar-refractivity contribution is 0.434. The number of nitrogens with zero attached hydrogens (tertiary/aromatic N) is 1. The molecule has 2 heteroatoms. The monoisotopic (exact) mass is 809 g/mol. The Morgan fingerprint density at radius 2 is 0.746 bits per heavy atom. The van der Waals surface area contributed by atoms with Crippen LogP contribution in [0.4, 0.5) is 17.1 Å². The van der Waals surface area contributed by atoms with Gasteiger partial charge in [-0.25, -0.2) is 0 Å². The predicted octanol–water partition coefficient (Wildman–Crippen LogP) is 15.9. The van der Waals surface area contributed by atoms with Gasteiger partial charge in [-0.3, -0.25) is 0 Å². The summed E-state index contributed by atoms with van der Waals surface area (Å²) in [4.78, 5) is 2.45. The smallest absolute Gasteiger partial charge is 0.132 e. The highest BCUT2D eigenvalue weighted by atomic mass is 16.5. The first-order chi connectivity index (χ1) is 30.7. The normalized spacial score (nSPS) is 15.2. The van der Waals surface area contributed by atoms with Gasteiger partial charge < -0.3 is 9.64 Å². The van der Waals surface area contributed by atoms with Gasteiger partial charge in [-0.1, -0.05) is 191 Å². The second-order valence-electron chi connectivity index (χ2n) is 18.5. The van der Waals surface area contributed by atoms with Crippen molar-refractivity contribution in [2.24, 2.45) is 0 Å². The van der Waals surface area contributed by atoms with Gasteiger partial charge in [0, 0.05) is 39.0 Å². The standard InChI is InChI=1S/C61H47NO/c1-59(2)52-21-11-9-19-48(52)50-38-45(35-37-53(50)59)62(46-34-36-49-47-18-8-10-20-51(47)60(3,4)56(49)39-46)44-32-28-41(29-33-44)40-26-30-43(31-27-40)61(42-16-6-5-7-17-42)54-22-12-14-24-57(54)63-58-25-15-13-23-55(58)61/h5-39H,1-4H3. The molecule has 0 amide bonds. The topological polar surface area (TPSA) is 12.5 Å². The number of anilines is 3. The third-order valence-corrected chi connectivity index (χ3v) is 14.4. The molecular formula is C61H47NO. The highest BCUT2D eigenvalue weighted by molar-refractivity contribution is 5.89. The predicted molar refractivity (Wildman–Crippen MR) is 260 cm³/mol. The Morgan fingerprint density at radius 1 is 0.317 bits per heavy atom. The Kier molecular flexibility index (Phi) is 8.18. The molecule has 302 valence electrons. The van der Waals surface area contributed by atoms with Crippen LogP contribution in [-0.4, -0.2) is 0 Å². The number of benzene rings is 9. The van der Waals surface area contributed by atoms with E-state index in [4.69, 9.17) is 4.74 Å². The molecule has 0 saturated carbocycles. The summed E-state index contributed by atoms with van der Waals surface area (Å²) in [6.07, 6.45) is 0. The number of ether oxygens (including phenoxy) is 1. The molecular weight excluding hydrogens is 763 g/mol. The Bertz CT molecular complexity index is 3200. The van der Waals surface area contributed by atoms with Gasteiger partial charge in [0.15, 0.2) is 0 Å². The fourth-order valence-corrected chi connectivity index (χ4v) is 11.3. The minimum Gasteiger partial charge on any atom is -0.457 e. The van der Waals surface area contributed by atoms with Crippen LogP contribution in [-0.2, 0) is 16.2 Å². The van der Waals surface area contributed by atoms with Crippen molar-refractivity contribution in [2.45, 2.75) is 43.9 Å². The molecule has 12 rings (SSSR count). The zero-order valence-electron chi connectivity index (χ0n) is 36.1. The largest absolute Gasteiger partial charge is 0.457 e. The number of fused-ring (bicyclic) bond motifs is 8. The average molecular weight is 810 g/mol. The lowest BCUT2D eigenvalue weighted by Gasteiger charge is -2.41. The first-order valence-electron chi connectivity index (χ1n) is 22.2. The molecule has 0 fully saturated rings. The number of para-hydroxylation sites is 2. The fourth-order valence-electron chi connectivity index (χ4n) is 11.3. The maximum Gasteiger partial charge on any atom is 0.132 e. The molecule has 0 radical (unpaired) electrons. The highest BCUT2D eigenvalue weighted by Crippen LogP contribution is 2.56. The molecule has 9 aromatic carbocycles. The van der Waals surface area contributed by atoms with E-state index in [1.165, 1.54) is 66.8 Å². The van der Waals surface area contributed by atoms with Crippen LogP contribution in [0.5, 0.6) is 11.5 Å². The van der Waals surface area contributed by atoms with Crippen LogP contribution in [0.2, 0.25) is 0 Å². The van der Waals surface area contributed by atoms with Crippen LogP contribution in [0.25, 0.3) is 33.4 Å². The quantitative estimate of drug-likeness (QED) is 0.166. The summed E-state index contributed by atoms with van der Waals surface area (Å²) in [7, 11) is 0. The van der Waals surface area contributed by atoms with E-state index in [1.807, 2.05) is 0 Å². The summed E-state index contributed by atoms with van der Waals surface area (Å²) in [5.41, 5.74) is 20.5. The Balaban J connectivity index is 0.966. The van der Waals surface area contributed by atoms with Crippen LogP contribution in [0, 0.1) is 0 Å². The minimum atomic E-state index is -0.549. The molecule has 63 heavy (non-hydrogen) atoms. The molecule has 0 bridgehead atoms. The van der Waals surface area contributed by atoms with Crippen molar-refractivity contribution >= 4 is 17.1 Å². The molecule has 9 aromatic rings. The van der Waals surface area contributed by atoms with E-state index >= 15 is 0 Å². The molecule has 0 unspecified atom stereocenters. The van der Waals surface area contributed by atoms with Gasteiger partial charge in [-0.15, -0.1) is 0 Å². The summed E-state index contributed by atoms with van der Waals surface area (Å²) >= 11 is 0. The van der Waals surface area contributed by atoms with E-state index in [0.29, 0.717) is 0 Å². The van der Waals surface area contributed by atoms with E-state index in [9.17, 15) is 0 Å². The molecule has 2 nitrogen and oxygen atoms in total. The first-order valence-corrected chi connectivity index (χ1v) is 22.2. The minimum absolute atomic E-state index is 0.0614. The molecule has 0 atom stereocenters. The number of hydrogen-bond acceptors (Lipinski definition) is 2. The van der Waals surface area contributed by atoms with E-state index in [-0.39, 0.29) is 10.8 Å². The third kappa shape index (κ3) is 5.44. The molecule has 0 saturated heterocycles.